The minimum Gasteiger partial charge on any atom is -0.413 e. The van der Waals surface area contributed by atoms with Crippen LogP contribution in [-0.4, -0.2) is 73.0 Å². The van der Waals surface area contributed by atoms with Gasteiger partial charge in [0.15, 0.2) is 16.6 Å². The maximum atomic E-state index is 13.7. The standard InChI is InChI=1S/C30H56N2O6Si2/c1-29(2,3)39(11,12)37-22-24-18-16-15-17-23(24)19-20-25(28(34)32(8)36-10)26(21-27(33)31(7)35-9)38-40(13,14)30(4,5)6/h15-18,25-26H,19-22H2,1-14H3/t25-,26-/m0/s1. The largest absolute Gasteiger partial charge is 0.413 e. The van der Waals surface area contributed by atoms with Gasteiger partial charge in [-0.1, -0.05) is 65.8 Å². The molecule has 230 valence electrons. The zero-order valence-corrected chi connectivity index (χ0v) is 29.6. The number of rotatable bonds is 14. The summed E-state index contributed by atoms with van der Waals surface area (Å²) in [5.41, 5.74) is 2.25. The van der Waals surface area contributed by atoms with E-state index in [1.807, 2.05) is 12.1 Å². The second-order valence-electron chi connectivity index (χ2n) is 13.7. The number of hydrogen-bond acceptors (Lipinski definition) is 6. The number of hydrogen-bond donors (Lipinski definition) is 0. The Hall–Kier alpha value is -1.57. The summed E-state index contributed by atoms with van der Waals surface area (Å²) in [6.07, 6.45) is 0.525. The summed E-state index contributed by atoms with van der Waals surface area (Å²) in [5, 5.41) is 2.44. The van der Waals surface area contributed by atoms with Crippen LogP contribution >= 0.6 is 0 Å². The van der Waals surface area contributed by atoms with Gasteiger partial charge in [-0.05, 0) is 60.2 Å². The summed E-state index contributed by atoms with van der Waals surface area (Å²) in [5.74, 6) is -1.05. The number of amides is 2. The molecular formula is C30H56N2O6Si2. The van der Waals surface area contributed by atoms with Crippen molar-refractivity contribution in [2.24, 2.45) is 5.92 Å². The first-order chi connectivity index (χ1) is 18.2. The molecule has 40 heavy (non-hydrogen) atoms. The van der Waals surface area contributed by atoms with E-state index in [9.17, 15) is 9.59 Å². The molecule has 0 radical (unpaired) electrons. The average molecular weight is 597 g/mol. The topological polar surface area (TPSA) is 77.5 Å². The van der Waals surface area contributed by atoms with Crippen molar-refractivity contribution in [2.45, 2.75) is 110 Å². The lowest BCUT2D eigenvalue weighted by Gasteiger charge is -2.41. The van der Waals surface area contributed by atoms with Crippen LogP contribution in [0.3, 0.4) is 0 Å². The monoisotopic (exact) mass is 596 g/mol. The highest BCUT2D eigenvalue weighted by Crippen LogP contribution is 2.40. The van der Waals surface area contributed by atoms with Gasteiger partial charge in [-0.2, -0.15) is 0 Å². The lowest BCUT2D eigenvalue weighted by Crippen LogP contribution is -2.50. The van der Waals surface area contributed by atoms with Crippen molar-refractivity contribution in [3.05, 3.63) is 35.4 Å². The van der Waals surface area contributed by atoms with Crippen molar-refractivity contribution in [3.63, 3.8) is 0 Å². The van der Waals surface area contributed by atoms with Crippen molar-refractivity contribution in [3.8, 4) is 0 Å². The first-order valence-electron chi connectivity index (χ1n) is 14.2. The number of carbonyl (C=O) groups is 2. The Bertz CT molecular complexity index is 972. The Morgan fingerprint density at radius 3 is 1.80 bits per heavy atom. The Balaban J connectivity index is 3.40. The summed E-state index contributed by atoms with van der Waals surface area (Å²) >= 11 is 0. The van der Waals surface area contributed by atoms with Crippen LogP contribution in [0.5, 0.6) is 0 Å². The first-order valence-corrected chi connectivity index (χ1v) is 20.0. The van der Waals surface area contributed by atoms with Gasteiger partial charge in [-0.15, -0.1) is 0 Å². The Morgan fingerprint density at radius 1 is 0.825 bits per heavy atom. The molecule has 1 aromatic carbocycles. The molecule has 0 unspecified atom stereocenters. The zero-order chi connectivity index (χ0) is 31.1. The van der Waals surface area contributed by atoms with Crippen LogP contribution in [0.2, 0.25) is 36.3 Å². The van der Waals surface area contributed by atoms with E-state index in [2.05, 4.69) is 79.9 Å². The quantitative estimate of drug-likeness (QED) is 0.178. The molecule has 0 aliphatic heterocycles. The van der Waals surface area contributed by atoms with Gasteiger partial charge in [0.2, 0.25) is 5.91 Å². The molecule has 0 aliphatic carbocycles. The molecule has 0 bridgehead atoms. The molecule has 0 N–H and O–H groups in total. The maximum Gasteiger partial charge on any atom is 0.251 e. The predicted molar refractivity (Wildman–Crippen MR) is 166 cm³/mol. The van der Waals surface area contributed by atoms with E-state index >= 15 is 0 Å². The van der Waals surface area contributed by atoms with Crippen LogP contribution in [0, 0.1) is 5.92 Å². The fraction of sp³-hybridized carbons (Fsp3) is 0.733. The average Bonchev–Trinajstić information content (AvgIpc) is 2.85. The minimum atomic E-state index is -2.34. The van der Waals surface area contributed by atoms with Crippen molar-refractivity contribution >= 4 is 28.4 Å². The van der Waals surface area contributed by atoms with Crippen LogP contribution in [0.1, 0.15) is 65.5 Å². The molecule has 0 spiro atoms. The third-order valence-electron chi connectivity index (χ3n) is 8.84. The maximum absolute atomic E-state index is 13.7. The van der Waals surface area contributed by atoms with Crippen molar-refractivity contribution in [1.82, 2.24) is 10.1 Å². The summed E-state index contributed by atoms with van der Waals surface area (Å²) in [6, 6.07) is 8.24. The smallest absolute Gasteiger partial charge is 0.251 e. The number of nitrogens with zero attached hydrogens (tertiary/aromatic N) is 2. The highest BCUT2D eigenvalue weighted by molar-refractivity contribution is 6.74. The van der Waals surface area contributed by atoms with Crippen molar-refractivity contribution in [2.75, 3.05) is 28.3 Å². The van der Waals surface area contributed by atoms with E-state index in [-0.39, 0.29) is 28.3 Å². The van der Waals surface area contributed by atoms with Gasteiger partial charge in [0.25, 0.3) is 5.91 Å². The Kier molecular flexibility index (Phi) is 13.3. The van der Waals surface area contributed by atoms with E-state index in [0.717, 1.165) is 11.1 Å². The molecule has 0 saturated carbocycles. The molecule has 1 aromatic rings. The van der Waals surface area contributed by atoms with Crippen molar-refractivity contribution < 1.29 is 28.1 Å². The van der Waals surface area contributed by atoms with Crippen LogP contribution < -0.4 is 0 Å². The highest BCUT2D eigenvalue weighted by Gasteiger charge is 2.43. The van der Waals surface area contributed by atoms with E-state index in [1.54, 1.807) is 14.1 Å². The number of hydroxylamine groups is 4. The van der Waals surface area contributed by atoms with Crippen LogP contribution in [0.4, 0.5) is 0 Å². The summed E-state index contributed by atoms with van der Waals surface area (Å²) in [7, 11) is 1.81. The lowest BCUT2D eigenvalue weighted by atomic mass is 9.90. The second-order valence-corrected chi connectivity index (χ2v) is 23.2. The molecule has 0 heterocycles. The Morgan fingerprint density at radius 2 is 1.32 bits per heavy atom. The first kappa shape index (κ1) is 36.5. The number of benzene rings is 1. The molecule has 8 nitrogen and oxygen atoms in total. The predicted octanol–water partition coefficient (Wildman–Crippen LogP) is 6.58. The highest BCUT2D eigenvalue weighted by atomic mass is 28.4. The molecule has 2 amide bonds. The fourth-order valence-electron chi connectivity index (χ4n) is 3.74. The molecule has 0 saturated heterocycles. The van der Waals surface area contributed by atoms with Gasteiger partial charge in [0.05, 0.1) is 39.3 Å². The molecule has 0 fully saturated rings. The molecular weight excluding hydrogens is 541 g/mol. The summed E-state index contributed by atoms with van der Waals surface area (Å²) < 4.78 is 13.3. The lowest BCUT2D eigenvalue weighted by molar-refractivity contribution is -0.180. The SMILES string of the molecule is CON(C)C(=O)C[C@H](O[Si](C)(C)C(C)(C)C)[C@H](CCc1ccccc1CO[Si](C)(C)C(C)(C)C)C(=O)N(C)OC. The number of aryl methyl sites for hydroxylation is 1. The minimum absolute atomic E-state index is 0.0287. The van der Waals surface area contributed by atoms with Crippen LogP contribution in [-0.2, 0) is 41.1 Å². The van der Waals surface area contributed by atoms with Crippen molar-refractivity contribution in [1.29, 1.82) is 0 Å². The second kappa shape index (κ2) is 14.6. The summed E-state index contributed by atoms with van der Waals surface area (Å²) in [4.78, 5) is 37.2. The van der Waals surface area contributed by atoms with Gasteiger partial charge >= 0.3 is 0 Å². The molecule has 0 aromatic heterocycles. The van der Waals surface area contributed by atoms with E-state index in [0.29, 0.717) is 19.4 Å². The molecule has 1 rings (SSSR count). The van der Waals surface area contributed by atoms with Gasteiger partial charge < -0.3 is 8.85 Å². The molecule has 0 aliphatic rings. The molecule has 2 atom stereocenters. The number of carbonyl (C=O) groups excluding carboxylic acids is 2. The van der Waals surface area contributed by atoms with Gasteiger partial charge in [0, 0.05) is 14.1 Å². The fourth-order valence-corrected chi connectivity index (χ4v) is 6.05. The third kappa shape index (κ3) is 10.1. The van der Waals surface area contributed by atoms with Gasteiger partial charge in [-0.25, -0.2) is 10.1 Å². The zero-order valence-electron chi connectivity index (χ0n) is 27.6. The Labute approximate surface area is 245 Å². The van der Waals surface area contributed by atoms with E-state index < -0.39 is 28.7 Å². The van der Waals surface area contributed by atoms with Crippen LogP contribution in [0.25, 0.3) is 0 Å². The summed E-state index contributed by atoms with van der Waals surface area (Å²) in [6.45, 7) is 22.5. The normalized spacial score (nSPS) is 14.6. The van der Waals surface area contributed by atoms with E-state index in [4.69, 9.17) is 18.5 Å². The molecule has 10 heteroatoms. The van der Waals surface area contributed by atoms with Gasteiger partial charge in [-0.3, -0.25) is 19.3 Å². The van der Waals surface area contributed by atoms with Crippen LogP contribution in [0.15, 0.2) is 24.3 Å². The van der Waals surface area contributed by atoms with E-state index in [1.165, 1.54) is 24.3 Å². The van der Waals surface area contributed by atoms with Gasteiger partial charge in [0.1, 0.15) is 0 Å². The third-order valence-corrected chi connectivity index (χ3v) is 17.8.